The van der Waals surface area contributed by atoms with Gasteiger partial charge in [0, 0.05) is 17.3 Å². The summed E-state index contributed by atoms with van der Waals surface area (Å²) in [6.45, 7) is 7.84. The minimum atomic E-state index is -0.235. The quantitative estimate of drug-likeness (QED) is 0.693. The second-order valence-corrected chi connectivity index (χ2v) is 7.26. The topological polar surface area (TPSA) is 92.9 Å². The summed E-state index contributed by atoms with van der Waals surface area (Å²) in [6.07, 6.45) is 0.871. The van der Waals surface area contributed by atoms with E-state index in [0.29, 0.717) is 17.4 Å². The van der Waals surface area contributed by atoms with Crippen LogP contribution in [0.3, 0.4) is 0 Å². The van der Waals surface area contributed by atoms with Crippen LogP contribution in [0.25, 0.3) is 22.2 Å². The highest BCUT2D eigenvalue weighted by Gasteiger charge is 2.16. The first-order chi connectivity index (χ1) is 12.5. The van der Waals surface area contributed by atoms with Crippen LogP contribution >= 0.6 is 11.3 Å². The normalized spacial score (nSPS) is 12.0. The first kappa shape index (κ1) is 18.1. The molecular formula is C18H21N5O2S. The van der Waals surface area contributed by atoms with E-state index in [1.54, 1.807) is 0 Å². The number of thiazole rings is 1. The van der Waals surface area contributed by atoms with Crippen LogP contribution in [-0.4, -0.2) is 27.2 Å². The summed E-state index contributed by atoms with van der Waals surface area (Å²) in [7, 11) is 0. The van der Waals surface area contributed by atoms with Crippen molar-refractivity contribution in [2.75, 3.05) is 5.32 Å². The lowest BCUT2D eigenvalue weighted by Crippen LogP contribution is -2.35. The highest BCUT2D eigenvalue weighted by Crippen LogP contribution is 2.30. The second-order valence-electron chi connectivity index (χ2n) is 6.06. The lowest BCUT2D eigenvalue weighted by atomic mass is 10.2. The van der Waals surface area contributed by atoms with Crippen LogP contribution in [0.4, 0.5) is 10.5 Å². The van der Waals surface area contributed by atoms with Crippen molar-refractivity contribution in [3.8, 4) is 22.2 Å². The standard InChI is InChI=1S/C18H21N5O2S/c1-5-10(2)19-18(24)21-14-8-6-7-13(9-14)16-22-17(25-23-16)15-11(3)20-12(4)26-15/h6-10H,5H2,1-4H3,(H2,19,21,24)/t10-/m1/s1. The molecule has 3 rings (SSSR count). The predicted octanol–water partition coefficient (Wildman–Crippen LogP) is 4.40. The third kappa shape index (κ3) is 4.08. The minimum Gasteiger partial charge on any atom is -0.335 e. The molecule has 3 aromatic rings. The molecule has 0 bridgehead atoms. The van der Waals surface area contributed by atoms with Gasteiger partial charge in [-0.05, 0) is 39.3 Å². The van der Waals surface area contributed by atoms with Crippen molar-refractivity contribution in [2.45, 2.75) is 40.2 Å². The van der Waals surface area contributed by atoms with Gasteiger partial charge in [-0.1, -0.05) is 24.2 Å². The number of aromatic nitrogens is 3. The SMILES string of the molecule is CC[C@@H](C)NC(=O)Nc1cccc(-c2noc(-c3sc(C)nc3C)n2)c1. The average Bonchev–Trinajstić information content (AvgIpc) is 3.21. The number of urea groups is 1. The minimum absolute atomic E-state index is 0.115. The Labute approximate surface area is 155 Å². The number of carbonyl (C=O) groups excluding carboxylic acids is 1. The number of rotatable bonds is 5. The van der Waals surface area contributed by atoms with Gasteiger partial charge in [0.1, 0.15) is 4.88 Å². The van der Waals surface area contributed by atoms with E-state index in [-0.39, 0.29) is 12.1 Å². The van der Waals surface area contributed by atoms with Crippen LogP contribution in [-0.2, 0) is 0 Å². The molecule has 26 heavy (non-hydrogen) atoms. The van der Waals surface area contributed by atoms with Crippen molar-refractivity contribution in [1.29, 1.82) is 0 Å². The van der Waals surface area contributed by atoms with E-state index in [2.05, 4.69) is 25.8 Å². The van der Waals surface area contributed by atoms with Gasteiger partial charge in [0.2, 0.25) is 5.82 Å². The van der Waals surface area contributed by atoms with E-state index in [4.69, 9.17) is 4.52 Å². The number of aryl methyl sites for hydroxylation is 2. The molecule has 1 aromatic carbocycles. The molecule has 0 saturated heterocycles. The zero-order valence-corrected chi connectivity index (χ0v) is 16.0. The second kappa shape index (κ2) is 7.65. The molecule has 0 aliphatic carbocycles. The van der Waals surface area contributed by atoms with Crippen LogP contribution in [0.5, 0.6) is 0 Å². The molecule has 2 N–H and O–H groups in total. The monoisotopic (exact) mass is 371 g/mol. The third-order valence-electron chi connectivity index (χ3n) is 3.89. The van der Waals surface area contributed by atoms with E-state index >= 15 is 0 Å². The maximum absolute atomic E-state index is 12.0. The number of carbonyl (C=O) groups is 1. The van der Waals surface area contributed by atoms with Gasteiger partial charge in [0.15, 0.2) is 0 Å². The molecule has 0 radical (unpaired) electrons. The van der Waals surface area contributed by atoms with Gasteiger partial charge < -0.3 is 15.2 Å². The van der Waals surface area contributed by atoms with Crippen molar-refractivity contribution < 1.29 is 9.32 Å². The molecule has 0 spiro atoms. The number of nitrogens with zero attached hydrogens (tertiary/aromatic N) is 3. The Morgan fingerprint density at radius 1 is 1.31 bits per heavy atom. The van der Waals surface area contributed by atoms with Gasteiger partial charge in [-0.3, -0.25) is 0 Å². The number of hydrogen-bond acceptors (Lipinski definition) is 6. The largest absolute Gasteiger partial charge is 0.335 e. The van der Waals surface area contributed by atoms with Crippen LogP contribution < -0.4 is 10.6 Å². The van der Waals surface area contributed by atoms with E-state index in [9.17, 15) is 4.79 Å². The van der Waals surface area contributed by atoms with Crippen molar-refractivity contribution >= 4 is 23.1 Å². The van der Waals surface area contributed by atoms with E-state index < -0.39 is 0 Å². The number of benzene rings is 1. The summed E-state index contributed by atoms with van der Waals surface area (Å²) in [6, 6.07) is 7.22. The molecule has 0 aliphatic heterocycles. The van der Waals surface area contributed by atoms with Crippen molar-refractivity contribution in [3.63, 3.8) is 0 Å². The Balaban J connectivity index is 1.78. The number of hydrogen-bond donors (Lipinski definition) is 2. The highest BCUT2D eigenvalue weighted by atomic mass is 32.1. The first-order valence-electron chi connectivity index (χ1n) is 8.42. The molecule has 1 atom stereocenters. The van der Waals surface area contributed by atoms with E-state index in [1.165, 1.54) is 11.3 Å². The highest BCUT2D eigenvalue weighted by molar-refractivity contribution is 7.15. The van der Waals surface area contributed by atoms with E-state index in [1.807, 2.05) is 52.0 Å². The molecule has 136 valence electrons. The molecule has 8 heteroatoms. The van der Waals surface area contributed by atoms with Gasteiger partial charge in [0.25, 0.3) is 5.89 Å². The summed E-state index contributed by atoms with van der Waals surface area (Å²) >= 11 is 1.52. The van der Waals surface area contributed by atoms with Gasteiger partial charge in [0.05, 0.1) is 10.7 Å². The molecule has 0 saturated carbocycles. The fourth-order valence-electron chi connectivity index (χ4n) is 2.39. The molecule has 0 unspecified atom stereocenters. The molecule has 2 heterocycles. The Bertz CT molecular complexity index is 918. The smallest absolute Gasteiger partial charge is 0.319 e. The molecule has 0 aliphatic rings. The predicted molar refractivity (Wildman–Crippen MR) is 102 cm³/mol. The molecule has 7 nitrogen and oxygen atoms in total. The van der Waals surface area contributed by atoms with Crippen molar-refractivity contribution in [1.82, 2.24) is 20.4 Å². The molecule has 2 aromatic heterocycles. The average molecular weight is 371 g/mol. The van der Waals surface area contributed by atoms with Crippen LogP contribution in [0, 0.1) is 13.8 Å². The zero-order chi connectivity index (χ0) is 18.7. The van der Waals surface area contributed by atoms with Crippen LogP contribution in [0.2, 0.25) is 0 Å². The zero-order valence-electron chi connectivity index (χ0n) is 15.2. The summed E-state index contributed by atoms with van der Waals surface area (Å²) in [5, 5.41) is 10.7. The molecule has 2 amide bonds. The number of nitrogens with one attached hydrogen (secondary N) is 2. The van der Waals surface area contributed by atoms with Gasteiger partial charge >= 0.3 is 6.03 Å². The lowest BCUT2D eigenvalue weighted by molar-refractivity contribution is 0.249. The van der Waals surface area contributed by atoms with Crippen LogP contribution in [0.1, 0.15) is 31.0 Å². The maximum atomic E-state index is 12.0. The van der Waals surface area contributed by atoms with Crippen LogP contribution in [0.15, 0.2) is 28.8 Å². The molecule has 0 fully saturated rings. The Morgan fingerprint density at radius 3 is 2.81 bits per heavy atom. The maximum Gasteiger partial charge on any atom is 0.319 e. The number of amides is 2. The summed E-state index contributed by atoms with van der Waals surface area (Å²) < 4.78 is 5.40. The lowest BCUT2D eigenvalue weighted by Gasteiger charge is -2.12. The summed E-state index contributed by atoms with van der Waals surface area (Å²) in [5.74, 6) is 0.924. The van der Waals surface area contributed by atoms with Gasteiger partial charge in [-0.15, -0.1) is 11.3 Å². The first-order valence-corrected chi connectivity index (χ1v) is 9.24. The summed E-state index contributed by atoms with van der Waals surface area (Å²) in [5.41, 5.74) is 2.31. The summed E-state index contributed by atoms with van der Waals surface area (Å²) in [4.78, 5) is 21.7. The Kier molecular flexibility index (Phi) is 5.32. The van der Waals surface area contributed by atoms with Crippen molar-refractivity contribution in [3.05, 3.63) is 35.0 Å². The van der Waals surface area contributed by atoms with Crippen molar-refractivity contribution in [2.24, 2.45) is 0 Å². The fraction of sp³-hybridized carbons (Fsp3) is 0.333. The number of anilines is 1. The fourth-order valence-corrected chi connectivity index (χ4v) is 3.23. The third-order valence-corrected chi connectivity index (χ3v) is 4.95. The Morgan fingerprint density at radius 2 is 2.12 bits per heavy atom. The van der Waals surface area contributed by atoms with Gasteiger partial charge in [-0.2, -0.15) is 4.98 Å². The Hall–Kier alpha value is -2.74. The van der Waals surface area contributed by atoms with E-state index in [0.717, 1.165) is 27.6 Å². The molecular weight excluding hydrogens is 350 g/mol. The van der Waals surface area contributed by atoms with Gasteiger partial charge in [-0.25, -0.2) is 9.78 Å².